The van der Waals surface area contributed by atoms with Gasteiger partial charge in [-0.25, -0.2) is 4.98 Å². The van der Waals surface area contributed by atoms with E-state index in [1.54, 1.807) is 7.11 Å². The molecule has 0 aliphatic carbocycles. The molecule has 202 valence electrons. The molecule has 2 aromatic carbocycles. The Kier molecular flexibility index (Phi) is 7.58. The zero-order chi connectivity index (χ0) is 26.6. The van der Waals surface area contributed by atoms with Crippen LogP contribution in [0.4, 0.5) is 0 Å². The van der Waals surface area contributed by atoms with E-state index in [4.69, 9.17) is 9.47 Å². The highest BCUT2D eigenvalue weighted by Crippen LogP contribution is 2.36. The van der Waals surface area contributed by atoms with E-state index in [9.17, 15) is 4.79 Å². The van der Waals surface area contributed by atoms with Crippen LogP contribution >= 0.6 is 0 Å². The quantitative estimate of drug-likeness (QED) is 0.393. The van der Waals surface area contributed by atoms with Crippen LogP contribution in [0.25, 0.3) is 33.3 Å². The van der Waals surface area contributed by atoms with E-state index >= 15 is 0 Å². The maximum atomic E-state index is 13.2. The monoisotopic (exact) mass is 525 g/mol. The number of aromatic nitrogens is 2. The number of methoxy groups -OCH3 is 1. The van der Waals surface area contributed by atoms with Gasteiger partial charge in [-0.1, -0.05) is 30.3 Å². The Morgan fingerprint density at radius 2 is 1.62 bits per heavy atom. The minimum Gasteiger partial charge on any atom is -0.496 e. The van der Waals surface area contributed by atoms with E-state index in [0.717, 1.165) is 110 Å². The van der Waals surface area contributed by atoms with E-state index in [2.05, 4.69) is 31.9 Å². The molecule has 6 rings (SSSR count). The maximum absolute atomic E-state index is 13.2. The molecule has 2 fully saturated rings. The van der Waals surface area contributed by atoms with Crippen molar-refractivity contribution in [3.05, 3.63) is 72.6 Å². The van der Waals surface area contributed by atoms with Crippen LogP contribution in [0.5, 0.6) is 5.75 Å². The summed E-state index contributed by atoms with van der Waals surface area (Å²) in [5.41, 5.74) is 5.66. The number of amides is 1. The molecule has 2 aliphatic heterocycles. The van der Waals surface area contributed by atoms with Gasteiger partial charge in [0.1, 0.15) is 11.4 Å². The van der Waals surface area contributed by atoms with Crippen molar-refractivity contribution in [2.75, 3.05) is 72.7 Å². The summed E-state index contributed by atoms with van der Waals surface area (Å²) in [6.07, 6.45) is 3.85. The normalized spacial score (nSPS) is 17.0. The summed E-state index contributed by atoms with van der Waals surface area (Å²) in [4.78, 5) is 28.1. The Balaban J connectivity index is 1.11. The van der Waals surface area contributed by atoms with Gasteiger partial charge in [0.25, 0.3) is 5.91 Å². The summed E-state index contributed by atoms with van der Waals surface area (Å²) in [6, 6.07) is 18.0. The molecule has 1 amide bonds. The largest absolute Gasteiger partial charge is 0.496 e. The summed E-state index contributed by atoms with van der Waals surface area (Å²) < 4.78 is 11.0. The van der Waals surface area contributed by atoms with Crippen LogP contribution in [0, 0.1) is 0 Å². The fourth-order valence-electron chi connectivity index (χ4n) is 5.52. The molecule has 0 radical (unpaired) electrons. The predicted octanol–water partition coefficient (Wildman–Crippen LogP) is 4.00. The number of nitrogens with one attached hydrogen (secondary N) is 1. The van der Waals surface area contributed by atoms with Crippen molar-refractivity contribution >= 4 is 16.9 Å². The van der Waals surface area contributed by atoms with Gasteiger partial charge in [0.2, 0.25) is 0 Å². The fourth-order valence-corrected chi connectivity index (χ4v) is 5.52. The van der Waals surface area contributed by atoms with Gasteiger partial charge in [-0.15, -0.1) is 0 Å². The van der Waals surface area contributed by atoms with Gasteiger partial charge in [-0.2, -0.15) is 0 Å². The second kappa shape index (κ2) is 11.6. The summed E-state index contributed by atoms with van der Waals surface area (Å²) in [7, 11) is 1.69. The number of piperazine rings is 1. The molecule has 2 aliphatic rings. The number of hydrogen-bond acceptors (Lipinski definition) is 6. The first-order valence-corrected chi connectivity index (χ1v) is 13.7. The number of para-hydroxylation sites is 1. The van der Waals surface area contributed by atoms with Crippen LogP contribution in [0.3, 0.4) is 0 Å². The Bertz CT molecular complexity index is 1420. The van der Waals surface area contributed by atoms with Crippen molar-refractivity contribution in [2.45, 2.75) is 0 Å². The summed E-state index contributed by atoms with van der Waals surface area (Å²) in [5.74, 6) is 0.927. The second-order valence-electron chi connectivity index (χ2n) is 10.2. The standard InChI is InChI=1S/C31H35N5O3/c1-38-29-5-3-2-4-26(29)28-22-33-30-27(28)20-25(21-32-30)23-6-8-24(9-7-23)31(37)36-14-12-34(13-15-36)10-11-35-16-18-39-19-17-35/h2-9,20-22H,10-19H2,1H3,(H,32,33). The number of morpholine rings is 1. The smallest absolute Gasteiger partial charge is 0.253 e. The minimum atomic E-state index is 0.104. The Labute approximate surface area is 229 Å². The zero-order valence-corrected chi connectivity index (χ0v) is 22.4. The Morgan fingerprint density at radius 1 is 0.897 bits per heavy atom. The topological polar surface area (TPSA) is 73.9 Å². The molecular weight excluding hydrogens is 490 g/mol. The van der Waals surface area contributed by atoms with Gasteiger partial charge < -0.3 is 19.4 Å². The average Bonchev–Trinajstić information content (AvgIpc) is 3.44. The number of hydrogen-bond donors (Lipinski definition) is 1. The molecule has 4 aromatic rings. The van der Waals surface area contributed by atoms with E-state index < -0.39 is 0 Å². The van der Waals surface area contributed by atoms with E-state index in [-0.39, 0.29) is 5.91 Å². The SMILES string of the molecule is COc1ccccc1-c1c[nH]c2ncc(-c3ccc(C(=O)N4CCN(CCN5CCOCC5)CC4)cc3)cc12. The first-order chi connectivity index (χ1) is 19.2. The highest BCUT2D eigenvalue weighted by Gasteiger charge is 2.23. The lowest BCUT2D eigenvalue weighted by Crippen LogP contribution is -2.51. The molecular formula is C31H35N5O3. The number of rotatable bonds is 7. The van der Waals surface area contributed by atoms with E-state index in [1.807, 2.05) is 59.8 Å². The lowest BCUT2D eigenvalue weighted by molar-refractivity contribution is 0.0293. The third-order valence-corrected chi connectivity index (χ3v) is 7.89. The van der Waals surface area contributed by atoms with Crippen molar-refractivity contribution in [1.29, 1.82) is 0 Å². The highest BCUT2D eigenvalue weighted by molar-refractivity contribution is 5.98. The number of benzene rings is 2. The number of H-pyrrole nitrogens is 1. The zero-order valence-electron chi connectivity index (χ0n) is 22.4. The van der Waals surface area contributed by atoms with Gasteiger partial charge in [0.15, 0.2) is 0 Å². The Hall–Kier alpha value is -3.72. The summed E-state index contributed by atoms with van der Waals surface area (Å²) in [5, 5.41) is 1.03. The fraction of sp³-hybridized carbons (Fsp3) is 0.355. The van der Waals surface area contributed by atoms with E-state index in [0.29, 0.717) is 0 Å². The molecule has 0 spiro atoms. The Morgan fingerprint density at radius 3 is 2.36 bits per heavy atom. The molecule has 8 nitrogen and oxygen atoms in total. The number of nitrogens with zero attached hydrogens (tertiary/aromatic N) is 4. The van der Waals surface area contributed by atoms with Crippen LogP contribution in [0.1, 0.15) is 10.4 Å². The van der Waals surface area contributed by atoms with Crippen molar-refractivity contribution in [3.63, 3.8) is 0 Å². The molecule has 0 bridgehead atoms. The summed E-state index contributed by atoms with van der Waals surface area (Å²) >= 11 is 0. The van der Waals surface area contributed by atoms with Crippen LogP contribution in [-0.2, 0) is 4.74 Å². The third kappa shape index (κ3) is 5.54. The predicted molar refractivity (Wildman–Crippen MR) is 153 cm³/mol. The number of carbonyl (C=O) groups excluding carboxylic acids is 1. The molecule has 39 heavy (non-hydrogen) atoms. The van der Waals surface area contributed by atoms with Crippen molar-refractivity contribution in [1.82, 2.24) is 24.7 Å². The van der Waals surface area contributed by atoms with Crippen molar-refractivity contribution in [3.8, 4) is 28.0 Å². The van der Waals surface area contributed by atoms with Gasteiger partial charge in [-0.3, -0.25) is 14.6 Å². The molecule has 0 atom stereocenters. The number of pyridine rings is 1. The number of carbonyl (C=O) groups is 1. The molecule has 4 heterocycles. The highest BCUT2D eigenvalue weighted by atomic mass is 16.5. The summed E-state index contributed by atoms with van der Waals surface area (Å²) in [6.45, 7) is 9.21. The van der Waals surface area contributed by atoms with Crippen molar-refractivity contribution < 1.29 is 14.3 Å². The van der Waals surface area contributed by atoms with Gasteiger partial charge in [0.05, 0.1) is 20.3 Å². The van der Waals surface area contributed by atoms with Crippen LogP contribution in [0.15, 0.2) is 67.0 Å². The van der Waals surface area contributed by atoms with Crippen molar-refractivity contribution in [2.24, 2.45) is 0 Å². The molecule has 2 aromatic heterocycles. The average molecular weight is 526 g/mol. The van der Waals surface area contributed by atoms with Gasteiger partial charge in [-0.05, 0) is 29.8 Å². The van der Waals surface area contributed by atoms with Crippen LogP contribution in [0.2, 0.25) is 0 Å². The number of aromatic amines is 1. The molecule has 8 heteroatoms. The molecule has 1 N–H and O–H groups in total. The third-order valence-electron chi connectivity index (χ3n) is 7.89. The molecule has 0 unspecified atom stereocenters. The minimum absolute atomic E-state index is 0.104. The lowest BCUT2D eigenvalue weighted by atomic mass is 10.0. The molecule has 0 saturated carbocycles. The lowest BCUT2D eigenvalue weighted by Gasteiger charge is -2.36. The van der Waals surface area contributed by atoms with Crippen LogP contribution < -0.4 is 4.74 Å². The second-order valence-corrected chi connectivity index (χ2v) is 10.2. The number of fused-ring (bicyclic) bond motifs is 1. The van der Waals surface area contributed by atoms with E-state index in [1.165, 1.54) is 0 Å². The molecule has 2 saturated heterocycles. The first kappa shape index (κ1) is 25.6. The van der Waals surface area contributed by atoms with Gasteiger partial charge >= 0.3 is 0 Å². The van der Waals surface area contributed by atoms with Gasteiger partial charge in [0, 0.05) is 92.4 Å². The van der Waals surface area contributed by atoms with Crippen LogP contribution in [-0.4, -0.2) is 103 Å². The number of ether oxygens (including phenoxy) is 2. The first-order valence-electron chi connectivity index (χ1n) is 13.7. The maximum Gasteiger partial charge on any atom is 0.253 e.